The maximum absolute atomic E-state index is 12.0. The average Bonchev–Trinajstić information content (AvgIpc) is 2.58. The minimum atomic E-state index is -0.0287. The number of aryl methyl sites for hydroxylation is 1. The van der Waals surface area contributed by atoms with E-state index in [9.17, 15) is 9.59 Å². The largest absolute Gasteiger partial charge is 0.339 e. The number of anilines is 1. The highest BCUT2D eigenvalue weighted by Gasteiger charge is 2.07. The van der Waals surface area contributed by atoms with E-state index in [2.05, 4.69) is 5.32 Å². The van der Waals surface area contributed by atoms with Crippen molar-refractivity contribution in [3.63, 3.8) is 0 Å². The molecule has 2 rings (SSSR count). The van der Waals surface area contributed by atoms with Crippen LogP contribution in [-0.4, -0.2) is 30.1 Å². The molecule has 0 heterocycles. The molecular formula is C19H21ClN2O2S. The Balaban J connectivity index is 1.76. The van der Waals surface area contributed by atoms with E-state index in [-0.39, 0.29) is 11.1 Å². The zero-order valence-electron chi connectivity index (χ0n) is 14.3. The van der Waals surface area contributed by atoms with Crippen molar-refractivity contribution >= 4 is 40.2 Å². The number of carbonyl (C=O) groups is 2. The lowest BCUT2D eigenvalue weighted by atomic mass is 10.1. The van der Waals surface area contributed by atoms with E-state index >= 15 is 0 Å². The smallest absolute Gasteiger partial charge is 0.285 e. The molecule has 0 aliphatic rings. The summed E-state index contributed by atoms with van der Waals surface area (Å²) in [5, 5.41) is 3.57. The van der Waals surface area contributed by atoms with Gasteiger partial charge in [-0.15, -0.1) is 0 Å². The van der Waals surface area contributed by atoms with Crippen molar-refractivity contribution in [3.05, 3.63) is 59.1 Å². The maximum atomic E-state index is 12.0. The summed E-state index contributed by atoms with van der Waals surface area (Å²) < 4.78 is 0. The van der Waals surface area contributed by atoms with Crippen LogP contribution in [0.1, 0.15) is 18.4 Å². The third-order valence-electron chi connectivity index (χ3n) is 3.49. The Labute approximate surface area is 157 Å². The van der Waals surface area contributed by atoms with E-state index in [0.717, 1.165) is 40.2 Å². The summed E-state index contributed by atoms with van der Waals surface area (Å²) in [5.74, 6) is -0.0151. The number of benzene rings is 2. The fourth-order valence-corrected chi connectivity index (χ4v) is 2.91. The van der Waals surface area contributed by atoms with Gasteiger partial charge >= 0.3 is 0 Å². The monoisotopic (exact) mass is 376 g/mol. The van der Waals surface area contributed by atoms with Crippen molar-refractivity contribution in [1.82, 2.24) is 4.90 Å². The van der Waals surface area contributed by atoms with Gasteiger partial charge in [-0.05, 0) is 66.6 Å². The molecule has 2 aromatic rings. The molecule has 0 bridgehead atoms. The quantitative estimate of drug-likeness (QED) is 0.715. The van der Waals surface area contributed by atoms with E-state index in [1.807, 2.05) is 48.5 Å². The Morgan fingerprint density at radius 3 is 2.28 bits per heavy atom. The molecule has 132 valence electrons. The predicted octanol–water partition coefficient (Wildman–Crippen LogP) is 5.08. The van der Waals surface area contributed by atoms with Gasteiger partial charge in [0.05, 0.1) is 0 Å². The van der Waals surface area contributed by atoms with Crippen LogP contribution in [0.2, 0.25) is 5.02 Å². The Kier molecular flexibility index (Phi) is 7.34. The molecule has 6 heteroatoms. The molecule has 0 radical (unpaired) electrons. The van der Waals surface area contributed by atoms with Gasteiger partial charge in [0.2, 0.25) is 5.91 Å². The number of hydrogen-bond donors (Lipinski definition) is 1. The molecule has 2 amide bonds. The van der Waals surface area contributed by atoms with Crippen LogP contribution in [0.5, 0.6) is 0 Å². The van der Waals surface area contributed by atoms with E-state index < -0.39 is 0 Å². The molecule has 0 aromatic heterocycles. The van der Waals surface area contributed by atoms with Gasteiger partial charge in [-0.2, -0.15) is 0 Å². The van der Waals surface area contributed by atoms with Crippen LogP contribution in [0.25, 0.3) is 0 Å². The molecule has 1 N–H and O–H groups in total. The Morgan fingerprint density at radius 1 is 1.04 bits per heavy atom. The normalized spacial score (nSPS) is 10.4. The van der Waals surface area contributed by atoms with Crippen LogP contribution in [0.4, 0.5) is 10.5 Å². The van der Waals surface area contributed by atoms with Crippen molar-refractivity contribution in [3.8, 4) is 0 Å². The number of halogens is 1. The number of amides is 2. The molecule has 2 aromatic carbocycles. The first kappa shape index (κ1) is 19.3. The van der Waals surface area contributed by atoms with Crippen molar-refractivity contribution < 1.29 is 9.59 Å². The number of hydrogen-bond acceptors (Lipinski definition) is 3. The summed E-state index contributed by atoms with van der Waals surface area (Å²) in [6.45, 7) is 0. The topological polar surface area (TPSA) is 49.4 Å². The second-order valence-electron chi connectivity index (χ2n) is 5.81. The van der Waals surface area contributed by atoms with E-state index in [0.29, 0.717) is 6.42 Å². The van der Waals surface area contributed by atoms with Gasteiger partial charge in [-0.3, -0.25) is 9.59 Å². The number of nitrogens with one attached hydrogen (secondary N) is 1. The van der Waals surface area contributed by atoms with Gasteiger partial charge in [0.1, 0.15) is 0 Å². The van der Waals surface area contributed by atoms with Gasteiger partial charge in [0.25, 0.3) is 5.24 Å². The molecule has 0 aliphatic heterocycles. The van der Waals surface area contributed by atoms with Crippen LogP contribution in [0.3, 0.4) is 0 Å². The van der Waals surface area contributed by atoms with E-state index in [1.54, 1.807) is 14.1 Å². The Bertz CT molecular complexity index is 715. The number of rotatable bonds is 6. The molecule has 0 unspecified atom stereocenters. The first-order valence-corrected chi connectivity index (χ1v) is 9.17. The lowest BCUT2D eigenvalue weighted by Gasteiger charge is -2.10. The average molecular weight is 377 g/mol. The minimum Gasteiger partial charge on any atom is -0.339 e. The lowest BCUT2D eigenvalue weighted by molar-refractivity contribution is -0.116. The summed E-state index contributed by atoms with van der Waals surface area (Å²) in [6, 6.07) is 14.9. The van der Waals surface area contributed by atoms with Gasteiger partial charge in [0.15, 0.2) is 0 Å². The first-order valence-electron chi connectivity index (χ1n) is 7.97. The second kappa shape index (κ2) is 9.49. The Hall–Kier alpha value is -1.98. The van der Waals surface area contributed by atoms with Crippen LogP contribution in [0, 0.1) is 0 Å². The molecule has 0 fully saturated rings. The molecular weight excluding hydrogens is 356 g/mol. The summed E-state index contributed by atoms with van der Waals surface area (Å²) in [6.07, 6.45) is 2.07. The highest BCUT2D eigenvalue weighted by molar-refractivity contribution is 8.13. The molecule has 0 atom stereocenters. The Morgan fingerprint density at radius 2 is 1.68 bits per heavy atom. The highest BCUT2D eigenvalue weighted by atomic mass is 35.5. The molecule has 0 saturated carbocycles. The fraction of sp³-hybridized carbons (Fsp3) is 0.263. The van der Waals surface area contributed by atoms with Crippen LogP contribution in [0.15, 0.2) is 53.4 Å². The van der Waals surface area contributed by atoms with Crippen molar-refractivity contribution in [2.75, 3.05) is 19.4 Å². The third kappa shape index (κ3) is 6.80. The van der Waals surface area contributed by atoms with Crippen molar-refractivity contribution in [2.24, 2.45) is 0 Å². The summed E-state index contributed by atoms with van der Waals surface area (Å²) in [4.78, 5) is 26.0. The maximum Gasteiger partial charge on any atom is 0.285 e. The summed E-state index contributed by atoms with van der Waals surface area (Å²) in [5.41, 5.74) is 1.90. The zero-order chi connectivity index (χ0) is 18.2. The van der Waals surface area contributed by atoms with Gasteiger partial charge < -0.3 is 10.2 Å². The van der Waals surface area contributed by atoms with Crippen molar-refractivity contribution in [1.29, 1.82) is 0 Å². The van der Waals surface area contributed by atoms with Crippen LogP contribution in [-0.2, 0) is 11.2 Å². The van der Waals surface area contributed by atoms with Crippen molar-refractivity contribution in [2.45, 2.75) is 24.2 Å². The zero-order valence-corrected chi connectivity index (χ0v) is 15.9. The predicted molar refractivity (Wildman–Crippen MR) is 104 cm³/mol. The highest BCUT2D eigenvalue weighted by Crippen LogP contribution is 2.22. The van der Waals surface area contributed by atoms with E-state index in [1.165, 1.54) is 10.5 Å². The van der Waals surface area contributed by atoms with Crippen LogP contribution < -0.4 is 5.32 Å². The fourth-order valence-electron chi connectivity index (χ4n) is 2.13. The first-order chi connectivity index (χ1) is 11.9. The van der Waals surface area contributed by atoms with E-state index in [4.69, 9.17) is 11.6 Å². The number of carbonyl (C=O) groups excluding carboxylic acids is 2. The summed E-state index contributed by atoms with van der Waals surface area (Å²) in [7, 11) is 3.43. The SMILES string of the molecule is CN(C)C(=O)Sc1ccc(NC(=O)CCCc2ccc(Cl)cc2)cc1. The molecule has 4 nitrogen and oxygen atoms in total. The lowest BCUT2D eigenvalue weighted by Crippen LogP contribution is -2.16. The number of nitrogens with zero attached hydrogens (tertiary/aromatic N) is 1. The third-order valence-corrected chi connectivity index (χ3v) is 4.79. The molecule has 0 saturated heterocycles. The van der Waals surface area contributed by atoms with Crippen LogP contribution >= 0.6 is 23.4 Å². The summed E-state index contributed by atoms with van der Waals surface area (Å²) >= 11 is 7.01. The molecule has 25 heavy (non-hydrogen) atoms. The minimum absolute atomic E-state index is 0.0151. The van der Waals surface area contributed by atoms with Gasteiger partial charge in [-0.25, -0.2) is 0 Å². The van der Waals surface area contributed by atoms with Gasteiger partial charge in [0, 0.05) is 36.1 Å². The standard InChI is InChI=1S/C19H21ClN2O2S/c1-22(2)19(24)25-17-12-10-16(11-13-17)21-18(23)5-3-4-14-6-8-15(20)9-7-14/h6-13H,3-5H2,1-2H3,(H,21,23). The molecule has 0 aliphatic carbocycles. The molecule has 0 spiro atoms. The number of thioether (sulfide) groups is 1. The second-order valence-corrected chi connectivity index (χ2v) is 7.28. The van der Waals surface area contributed by atoms with Gasteiger partial charge in [-0.1, -0.05) is 23.7 Å².